The lowest BCUT2D eigenvalue weighted by molar-refractivity contribution is 0.506. The van der Waals surface area contributed by atoms with Gasteiger partial charge in [-0.05, 0) is 36.1 Å². The zero-order valence-corrected chi connectivity index (χ0v) is 15.0. The number of furan rings is 1. The number of rotatable bonds is 8. The first-order valence-corrected chi connectivity index (χ1v) is 8.66. The van der Waals surface area contributed by atoms with E-state index in [9.17, 15) is 0 Å². The number of guanidine groups is 1. The Morgan fingerprint density at radius 1 is 1.21 bits per heavy atom. The van der Waals surface area contributed by atoms with Crippen LogP contribution in [0.15, 0.2) is 46.1 Å². The highest BCUT2D eigenvalue weighted by molar-refractivity contribution is 6.29. The number of nitrogens with one attached hydrogen (secondary N) is 2. The van der Waals surface area contributed by atoms with E-state index in [1.165, 1.54) is 0 Å². The van der Waals surface area contributed by atoms with E-state index < -0.39 is 0 Å². The molecule has 5 nitrogen and oxygen atoms in total. The minimum atomic E-state index is 0.519. The van der Waals surface area contributed by atoms with Crippen molar-refractivity contribution in [3.63, 3.8) is 0 Å². The lowest BCUT2D eigenvalue weighted by atomic mass is 10.2. The lowest BCUT2D eigenvalue weighted by Gasteiger charge is -2.13. The summed E-state index contributed by atoms with van der Waals surface area (Å²) < 4.78 is 5.34. The van der Waals surface area contributed by atoms with Crippen LogP contribution in [0.1, 0.15) is 25.2 Å². The van der Waals surface area contributed by atoms with Crippen LogP contribution in [-0.2, 0) is 12.8 Å². The Morgan fingerprint density at radius 3 is 2.62 bits per heavy atom. The van der Waals surface area contributed by atoms with E-state index in [1.54, 1.807) is 12.5 Å². The molecule has 0 saturated heterocycles. The van der Waals surface area contributed by atoms with Gasteiger partial charge in [-0.15, -0.1) is 0 Å². The molecule has 0 aliphatic rings. The second kappa shape index (κ2) is 9.98. The summed E-state index contributed by atoms with van der Waals surface area (Å²) in [6, 6.07) is 7.69. The van der Waals surface area contributed by atoms with Crippen LogP contribution in [0.5, 0.6) is 0 Å². The molecule has 2 aromatic rings. The third kappa shape index (κ3) is 7.04. The van der Waals surface area contributed by atoms with Gasteiger partial charge < -0.3 is 15.1 Å². The Hall–Kier alpha value is -2.01. The van der Waals surface area contributed by atoms with Gasteiger partial charge in [0.1, 0.15) is 10.9 Å². The van der Waals surface area contributed by atoms with Crippen LogP contribution >= 0.6 is 11.6 Å². The quantitative estimate of drug-likeness (QED) is 0.436. The number of hydrogen-bond donors (Lipinski definition) is 2. The first-order valence-electron chi connectivity index (χ1n) is 8.28. The summed E-state index contributed by atoms with van der Waals surface area (Å²) in [7, 11) is 0. The van der Waals surface area contributed by atoms with Gasteiger partial charge >= 0.3 is 0 Å². The van der Waals surface area contributed by atoms with Crippen LogP contribution in [0.2, 0.25) is 5.15 Å². The van der Waals surface area contributed by atoms with E-state index in [0.29, 0.717) is 11.1 Å². The van der Waals surface area contributed by atoms with E-state index in [0.717, 1.165) is 49.8 Å². The molecule has 0 atom stereocenters. The van der Waals surface area contributed by atoms with E-state index >= 15 is 0 Å². The molecule has 0 aliphatic carbocycles. The summed E-state index contributed by atoms with van der Waals surface area (Å²) in [5.74, 6) is 2.32. The molecular weight excluding hydrogens is 324 g/mol. The number of nitrogens with zero attached hydrogens (tertiary/aromatic N) is 2. The molecule has 130 valence electrons. The highest BCUT2D eigenvalue weighted by atomic mass is 35.5. The Kier molecular flexibility index (Phi) is 7.62. The fraction of sp³-hybridized carbons (Fsp3) is 0.444. The fourth-order valence-electron chi connectivity index (χ4n) is 2.09. The zero-order chi connectivity index (χ0) is 17.2. The smallest absolute Gasteiger partial charge is 0.191 e. The molecule has 0 spiro atoms. The monoisotopic (exact) mass is 348 g/mol. The van der Waals surface area contributed by atoms with Crippen LogP contribution in [0.3, 0.4) is 0 Å². The summed E-state index contributed by atoms with van der Waals surface area (Å²) in [5, 5.41) is 7.24. The normalized spacial score (nSPS) is 11.8. The van der Waals surface area contributed by atoms with Crippen LogP contribution < -0.4 is 10.6 Å². The number of hydrogen-bond acceptors (Lipinski definition) is 3. The van der Waals surface area contributed by atoms with Crippen molar-refractivity contribution in [1.29, 1.82) is 0 Å². The standard InChI is InChI=1S/C18H25ClN4O/c1-14(2)12-23-18(21-10-8-16-4-3-11-24-16)20-9-7-15-5-6-17(19)22-13-15/h3-6,11,13-14H,7-10,12H2,1-2H3,(H2,20,21,23). The maximum absolute atomic E-state index is 5.80. The van der Waals surface area contributed by atoms with E-state index in [1.807, 2.05) is 24.3 Å². The predicted molar refractivity (Wildman–Crippen MR) is 98.5 cm³/mol. The zero-order valence-electron chi connectivity index (χ0n) is 14.3. The summed E-state index contributed by atoms with van der Waals surface area (Å²) in [6.07, 6.45) is 5.20. The molecule has 2 aromatic heterocycles. The molecule has 2 heterocycles. The van der Waals surface area contributed by atoms with Gasteiger partial charge in [0.2, 0.25) is 0 Å². The summed E-state index contributed by atoms with van der Waals surface area (Å²) in [6.45, 7) is 6.67. The van der Waals surface area contributed by atoms with Crippen LogP contribution in [0, 0.1) is 5.92 Å². The third-order valence-corrected chi connectivity index (χ3v) is 3.58. The molecule has 0 fully saturated rings. The Labute approximate surface area is 148 Å². The molecule has 2 rings (SSSR count). The van der Waals surface area contributed by atoms with Gasteiger partial charge in [-0.2, -0.15) is 0 Å². The largest absolute Gasteiger partial charge is 0.469 e. The molecule has 6 heteroatoms. The van der Waals surface area contributed by atoms with Crippen molar-refractivity contribution in [2.75, 3.05) is 19.6 Å². The molecule has 24 heavy (non-hydrogen) atoms. The Morgan fingerprint density at radius 2 is 2.00 bits per heavy atom. The fourth-order valence-corrected chi connectivity index (χ4v) is 2.20. The van der Waals surface area contributed by atoms with Crippen molar-refractivity contribution in [2.24, 2.45) is 10.9 Å². The molecule has 0 aliphatic heterocycles. The minimum absolute atomic E-state index is 0.519. The SMILES string of the molecule is CC(C)CN=C(NCCc1ccc(Cl)nc1)NCCc1ccco1. The molecule has 0 amide bonds. The number of aromatic nitrogens is 1. The third-order valence-electron chi connectivity index (χ3n) is 3.35. The van der Waals surface area contributed by atoms with Gasteiger partial charge in [0, 0.05) is 32.3 Å². The number of aliphatic imine (C=N–C) groups is 1. The van der Waals surface area contributed by atoms with Crippen molar-refractivity contribution in [3.05, 3.63) is 53.2 Å². The summed E-state index contributed by atoms with van der Waals surface area (Å²) in [4.78, 5) is 8.71. The molecule has 0 unspecified atom stereocenters. The van der Waals surface area contributed by atoms with Gasteiger partial charge in [-0.25, -0.2) is 4.98 Å². The Balaban J connectivity index is 1.78. The van der Waals surface area contributed by atoms with Crippen molar-refractivity contribution < 1.29 is 4.42 Å². The topological polar surface area (TPSA) is 62.5 Å². The van der Waals surface area contributed by atoms with Gasteiger partial charge in [-0.1, -0.05) is 31.5 Å². The molecule has 0 saturated carbocycles. The average molecular weight is 349 g/mol. The second-order valence-electron chi connectivity index (χ2n) is 6.01. The van der Waals surface area contributed by atoms with Gasteiger partial charge in [0.15, 0.2) is 5.96 Å². The second-order valence-corrected chi connectivity index (χ2v) is 6.39. The highest BCUT2D eigenvalue weighted by Gasteiger charge is 2.02. The number of pyridine rings is 1. The molecule has 0 aromatic carbocycles. The van der Waals surface area contributed by atoms with Crippen LogP contribution in [0.4, 0.5) is 0 Å². The molecule has 2 N–H and O–H groups in total. The van der Waals surface area contributed by atoms with Gasteiger partial charge in [0.25, 0.3) is 0 Å². The molecule has 0 radical (unpaired) electrons. The van der Waals surface area contributed by atoms with Gasteiger partial charge in [0.05, 0.1) is 6.26 Å². The lowest BCUT2D eigenvalue weighted by Crippen LogP contribution is -2.39. The van der Waals surface area contributed by atoms with Crippen LogP contribution in [0.25, 0.3) is 0 Å². The highest BCUT2D eigenvalue weighted by Crippen LogP contribution is 2.05. The van der Waals surface area contributed by atoms with E-state index in [4.69, 9.17) is 16.0 Å². The van der Waals surface area contributed by atoms with Gasteiger partial charge in [-0.3, -0.25) is 4.99 Å². The van der Waals surface area contributed by atoms with Crippen molar-refractivity contribution in [1.82, 2.24) is 15.6 Å². The van der Waals surface area contributed by atoms with Crippen LogP contribution in [-0.4, -0.2) is 30.6 Å². The first-order chi connectivity index (χ1) is 11.6. The maximum atomic E-state index is 5.80. The maximum Gasteiger partial charge on any atom is 0.191 e. The van der Waals surface area contributed by atoms with Crippen molar-refractivity contribution >= 4 is 17.6 Å². The molecule has 0 bridgehead atoms. The summed E-state index contributed by atoms with van der Waals surface area (Å²) >= 11 is 5.80. The summed E-state index contributed by atoms with van der Waals surface area (Å²) in [5.41, 5.74) is 1.14. The number of halogens is 1. The van der Waals surface area contributed by atoms with Crippen molar-refractivity contribution in [2.45, 2.75) is 26.7 Å². The first kappa shape index (κ1) is 18.3. The average Bonchev–Trinajstić information content (AvgIpc) is 3.07. The molecular formula is C18H25ClN4O. The predicted octanol–water partition coefficient (Wildman–Crippen LogP) is 3.30. The van der Waals surface area contributed by atoms with E-state index in [2.05, 4.69) is 34.5 Å². The van der Waals surface area contributed by atoms with E-state index in [-0.39, 0.29) is 0 Å². The Bertz CT molecular complexity index is 608. The minimum Gasteiger partial charge on any atom is -0.469 e. The van der Waals surface area contributed by atoms with Crippen molar-refractivity contribution in [3.8, 4) is 0 Å².